The summed E-state index contributed by atoms with van der Waals surface area (Å²) >= 11 is 0. The van der Waals surface area contributed by atoms with E-state index in [4.69, 9.17) is 4.55 Å². The molecule has 0 radical (unpaired) electrons. The number of carboxylic acid groups (broad SMARTS) is 2. The predicted octanol–water partition coefficient (Wildman–Crippen LogP) is 1.50. The second-order valence-electron chi connectivity index (χ2n) is 6.51. The molecular formula is C18H22N4O7S. The Labute approximate surface area is 173 Å². The Kier molecular flexibility index (Phi) is 7.78. The number of carboxylic acids is 2. The molecule has 11 nitrogen and oxygen atoms in total. The standard InChI is InChI=1S/C18H22N4O7S/c1-2-3-4-14-20-15(22-18(21-14)19-5-6-30(27,28)29)9-11-7-12(16(23)24)10-13(8-11)17(25)26/h7-8,10H,2-6,9H2,1H3,(H,23,24)(H,25,26)(H,27,28,29)(H,19,20,21,22). The molecule has 0 atom stereocenters. The second kappa shape index (κ2) is 10.1. The van der Waals surface area contributed by atoms with Crippen molar-refractivity contribution in [2.75, 3.05) is 17.6 Å². The summed E-state index contributed by atoms with van der Waals surface area (Å²) in [6.07, 6.45) is 2.31. The molecule has 2 aromatic rings. The molecule has 0 unspecified atom stereocenters. The quantitative estimate of drug-likeness (QED) is 0.373. The summed E-state index contributed by atoms with van der Waals surface area (Å²) in [5.41, 5.74) is 0.0529. The van der Waals surface area contributed by atoms with Crippen LogP contribution >= 0.6 is 0 Å². The largest absolute Gasteiger partial charge is 0.478 e. The zero-order chi connectivity index (χ0) is 22.3. The fraction of sp³-hybridized carbons (Fsp3) is 0.389. The topological polar surface area (TPSA) is 180 Å². The Morgan fingerprint density at radius 3 is 2.13 bits per heavy atom. The van der Waals surface area contributed by atoms with E-state index < -0.39 is 27.8 Å². The van der Waals surface area contributed by atoms with Gasteiger partial charge in [0.15, 0.2) is 0 Å². The molecule has 0 aliphatic heterocycles. The molecule has 0 aliphatic carbocycles. The van der Waals surface area contributed by atoms with Crippen molar-refractivity contribution in [3.63, 3.8) is 0 Å². The van der Waals surface area contributed by atoms with E-state index in [0.717, 1.165) is 18.9 Å². The fourth-order valence-corrected chi connectivity index (χ4v) is 2.95. The number of carbonyl (C=O) groups is 2. The smallest absolute Gasteiger partial charge is 0.335 e. The number of hydrogen-bond acceptors (Lipinski definition) is 8. The first kappa shape index (κ1) is 23.2. The van der Waals surface area contributed by atoms with Crippen molar-refractivity contribution < 1.29 is 32.8 Å². The van der Waals surface area contributed by atoms with Crippen LogP contribution in [0, 0.1) is 0 Å². The van der Waals surface area contributed by atoms with Gasteiger partial charge in [0.25, 0.3) is 10.1 Å². The average Bonchev–Trinajstić information content (AvgIpc) is 2.65. The van der Waals surface area contributed by atoms with E-state index in [-0.39, 0.29) is 35.9 Å². The van der Waals surface area contributed by atoms with Gasteiger partial charge in [0.05, 0.1) is 16.9 Å². The number of unbranched alkanes of at least 4 members (excludes halogenated alkanes) is 1. The van der Waals surface area contributed by atoms with E-state index in [9.17, 15) is 28.2 Å². The maximum absolute atomic E-state index is 11.3. The Morgan fingerprint density at radius 2 is 1.60 bits per heavy atom. The molecule has 0 bridgehead atoms. The number of nitrogens with zero attached hydrogens (tertiary/aromatic N) is 3. The number of rotatable bonds is 11. The molecule has 1 aromatic carbocycles. The Balaban J connectivity index is 2.33. The molecule has 0 saturated heterocycles. The molecular weight excluding hydrogens is 416 g/mol. The van der Waals surface area contributed by atoms with Gasteiger partial charge in [0, 0.05) is 19.4 Å². The van der Waals surface area contributed by atoms with Crippen LogP contribution in [0.1, 0.15) is 57.7 Å². The lowest BCUT2D eigenvalue weighted by Gasteiger charge is -2.10. The lowest BCUT2D eigenvalue weighted by atomic mass is 10.0. The summed E-state index contributed by atoms with van der Waals surface area (Å²) in [6, 6.07) is 3.75. The number of aryl methyl sites for hydroxylation is 1. The fourth-order valence-electron chi connectivity index (χ4n) is 2.59. The van der Waals surface area contributed by atoms with Crippen LogP contribution in [0.25, 0.3) is 0 Å². The molecule has 2 rings (SSSR count). The van der Waals surface area contributed by atoms with Crippen LogP contribution < -0.4 is 5.32 Å². The molecule has 0 amide bonds. The molecule has 4 N–H and O–H groups in total. The third-order valence-corrected chi connectivity index (χ3v) is 4.69. The van der Waals surface area contributed by atoms with E-state index in [1.807, 2.05) is 6.92 Å². The molecule has 30 heavy (non-hydrogen) atoms. The van der Waals surface area contributed by atoms with Crippen LogP contribution in [0.5, 0.6) is 0 Å². The van der Waals surface area contributed by atoms with Gasteiger partial charge in [-0.2, -0.15) is 18.4 Å². The summed E-state index contributed by atoms with van der Waals surface area (Å²) in [5, 5.41) is 21.1. The molecule has 0 aliphatic rings. The first-order chi connectivity index (χ1) is 14.1. The molecule has 0 spiro atoms. The Hall–Kier alpha value is -3.12. The molecule has 12 heteroatoms. The van der Waals surface area contributed by atoms with Crippen LogP contribution in [0.2, 0.25) is 0 Å². The highest BCUT2D eigenvalue weighted by Gasteiger charge is 2.14. The minimum absolute atomic E-state index is 0.0516. The summed E-state index contributed by atoms with van der Waals surface area (Å²) < 4.78 is 30.6. The van der Waals surface area contributed by atoms with Crippen LogP contribution in [-0.4, -0.2) is 62.4 Å². The van der Waals surface area contributed by atoms with Gasteiger partial charge in [-0.05, 0) is 30.2 Å². The van der Waals surface area contributed by atoms with Gasteiger partial charge in [-0.15, -0.1) is 0 Å². The third kappa shape index (κ3) is 7.37. The van der Waals surface area contributed by atoms with Crippen molar-refractivity contribution in [2.24, 2.45) is 0 Å². The lowest BCUT2D eigenvalue weighted by molar-refractivity contribution is 0.0696. The number of aromatic carboxylic acids is 2. The maximum atomic E-state index is 11.3. The lowest BCUT2D eigenvalue weighted by Crippen LogP contribution is -2.17. The maximum Gasteiger partial charge on any atom is 0.335 e. The molecule has 0 saturated carbocycles. The molecule has 0 fully saturated rings. The van der Waals surface area contributed by atoms with E-state index in [1.54, 1.807) is 0 Å². The van der Waals surface area contributed by atoms with Crippen LogP contribution in [0.15, 0.2) is 18.2 Å². The highest BCUT2D eigenvalue weighted by atomic mass is 32.2. The number of aromatic nitrogens is 3. The van der Waals surface area contributed by atoms with Gasteiger partial charge < -0.3 is 15.5 Å². The SMILES string of the molecule is CCCCc1nc(Cc2cc(C(=O)O)cc(C(=O)O)c2)nc(NCCS(=O)(=O)O)n1. The van der Waals surface area contributed by atoms with Crippen molar-refractivity contribution in [3.8, 4) is 0 Å². The van der Waals surface area contributed by atoms with E-state index >= 15 is 0 Å². The first-order valence-electron chi connectivity index (χ1n) is 9.11. The highest BCUT2D eigenvalue weighted by Crippen LogP contribution is 2.15. The van der Waals surface area contributed by atoms with Crippen molar-refractivity contribution >= 4 is 28.0 Å². The number of anilines is 1. The zero-order valence-electron chi connectivity index (χ0n) is 16.2. The van der Waals surface area contributed by atoms with Gasteiger partial charge >= 0.3 is 11.9 Å². The number of nitrogens with one attached hydrogen (secondary N) is 1. The Bertz CT molecular complexity index is 1010. The van der Waals surface area contributed by atoms with Gasteiger partial charge in [-0.25, -0.2) is 14.6 Å². The minimum Gasteiger partial charge on any atom is -0.478 e. The van der Waals surface area contributed by atoms with Crippen molar-refractivity contribution in [1.29, 1.82) is 0 Å². The normalized spacial score (nSPS) is 11.3. The van der Waals surface area contributed by atoms with E-state index in [1.165, 1.54) is 12.1 Å². The van der Waals surface area contributed by atoms with Crippen LogP contribution in [0.3, 0.4) is 0 Å². The summed E-state index contributed by atoms with van der Waals surface area (Å²) in [6.45, 7) is 1.88. The monoisotopic (exact) mass is 438 g/mol. The number of hydrogen-bond donors (Lipinski definition) is 4. The van der Waals surface area contributed by atoms with E-state index in [2.05, 4.69) is 20.3 Å². The highest BCUT2D eigenvalue weighted by molar-refractivity contribution is 7.85. The first-order valence-corrected chi connectivity index (χ1v) is 10.7. The Morgan fingerprint density at radius 1 is 1.00 bits per heavy atom. The summed E-state index contributed by atoms with van der Waals surface area (Å²) in [5.74, 6) is -2.20. The second-order valence-corrected chi connectivity index (χ2v) is 8.09. The van der Waals surface area contributed by atoms with Crippen molar-refractivity contribution in [2.45, 2.75) is 32.6 Å². The van der Waals surface area contributed by atoms with Gasteiger partial charge in [0.1, 0.15) is 11.6 Å². The van der Waals surface area contributed by atoms with E-state index in [0.29, 0.717) is 17.8 Å². The third-order valence-electron chi connectivity index (χ3n) is 3.97. The van der Waals surface area contributed by atoms with Crippen molar-refractivity contribution in [1.82, 2.24) is 15.0 Å². The van der Waals surface area contributed by atoms with Crippen molar-refractivity contribution in [3.05, 3.63) is 46.5 Å². The van der Waals surface area contributed by atoms with Gasteiger partial charge in [-0.3, -0.25) is 4.55 Å². The molecule has 162 valence electrons. The number of benzene rings is 1. The van der Waals surface area contributed by atoms with Crippen LogP contribution in [-0.2, 0) is 23.0 Å². The zero-order valence-corrected chi connectivity index (χ0v) is 17.0. The van der Waals surface area contributed by atoms with Crippen LogP contribution in [0.4, 0.5) is 5.95 Å². The summed E-state index contributed by atoms with van der Waals surface area (Å²) in [4.78, 5) is 35.4. The average molecular weight is 438 g/mol. The molecule has 1 aromatic heterocycles. The van der Waals surface area contributed by atoms with Gasteiger partial charge in [0.2, 0.25) is 5.95 Å². The minimum atomic E-state index is -4.15. The predicted molar refractivity (Wildman–Crippen MR) is 107 cm³/mol. The summed E-state index contributed by atoms with van der Waals surface area (Å²) in [7, 11) is -4.15. The molecule has 1 heterocycles. The van der Waals surface area contributed by atoms with Gasteiger partial charge in [-0.1, -0.05) is 13.3 Å².